The minimum absolute atomic E-state index is 0.340. The predicted molar refractivity (Wildman–Crippen MR) is 123 cm³/mol. The Morgan fingerprint density at radius 3 is 2.87 bits per heavy atom. The van der Waals surface area contributed by atoms with Crippen molar-refractivity contribution in [2.75, 3.05) is 18.9 Å². The van der Waals surface area contributed by atoms with E-state index in [1.54, 1.807) is 42.4 Å². The average Bonchev–Trinajstić information content (AvgIpc) is 2.83. The van der Waals surface area contributed by atoms with Crippen LogP contribution in [0, 0.1) is 17.1 Å². The third-order valence-electron chi connectivity index (χ3n) is 5.07. The normalized spacial score (nSPS) is 18.8. The number of aliphatic imine (C=N–C) groups is 1. The van der Waals surface area contributed by atoms with Crippen LogP contribution in [0.3, 0.4) is 0 Å². The number of rotatable bonds is 3. The molecule has 9 heteroatoms. The van der Waals surface area contributed by atoms with Crippen LogP contribution in [0.5, 0.6) is 0 Å². The second-order valence-corrected chi connectivity index (χ2v) is 9.70. The molecule has 0 fully saturated rings. The van der Waals surface area contributed by atoms with E-state index in [-0.39, 0.29) is 10.6 Å². The number of pyridine rings is 2. The molecule has 1 aliphatic heterocycles. The lowest BCUT2D eigenvalue weighted by molar-refractivity contribution is 0.489. The molecular weight excluding hydrogens is 413 g/mol. The van der Waals surface area contributed by atoms with E-state index in [0.29, 0.717) is 40.5 Å². The Hall–Kier alpha value is -3.22. The van der Waals surface area contributed by atoms with Crippen molar-refractivity contribution in [1.82, 2.24) is 14.3 Å². The zero-order chi connectivity index (χ0) is 22.2. The summed E-state index contributed by atoms with van der Waals surface area (Å²) in [5.74, 6) is 0.669. The predicted octanol–water partition coefficient (Wildman–Crippen LogP) is 4.15. The molecule has 3 N–H and O–H groups in total. The molecule has 1 aliphatic rings. The van der Waals surface area contributed by atoms with Gasteiger partial charge in [-0.2, -0.15) is 5.26 Å². The van der Waals surface area contributed by atoms with Gasteiger partial charge in [-0.25, -0.2) is 9.37 Å². The number of halogens is 1. The van der Waals surface area contributed by atoms with Gasteiger partial charge in [0.1, 0.15) is 23.2 Å². The smallest absolute Gasteiger partial charge is 0.156 e. The van der Waals surface area contributed by atoms with Gasteiger partial charge in [0.2, 0.25) is 0 Å². The number of nitrogens with two attached hydrogens (primary N) is 1. The van der Waals surface area contributed by atoms with E-state index in [0.717, 1.165) is 5.39 Å². The third kappa shape index (κ3) is 4.31. The highest BCUT2D eigenvalue weighted by Crippen LogP contribution is 2.36. The Labute approximate surface area is 184 Å². The van der Waals surface area contributed by atoms with Gasteiger partial charge in [-0.3, -0.25) is 14.3 Å². The maximum atomic E-state index is 14.8. The number of hydrogen-bond donors (Lipinski definition) is 2. The Bertz CT molecular complexity index is 1220. The molecule has 0 amide bonds. The number of fused-ring (bicyclic) bond motifs is 1. The van der Waals surface area contributed by atoms with Gasteiger partial charge in [0.05, 0.1) is 16.4 Å². The number of benzene rings is 1. The summed E-state index contributed by atoms with van der Waals surface area (Å²) in [6, 6.07) is 10.00. The summed E-state index contributed by atoms with van der Waals surface area (Å²) in [6.07, 6.45) is 3.14. The molecule has 1 aromatic carbocycles. The van der Waals surface area contributed by atoms with E-state index in [1.807, 2.05) is 25.2 Å². The fourth-order valence-corrected chi connectivity index (χ4v) is 4.62. The van der Waals surface area contributed by atoms with Gasteiger partial charge < -0.3 is 11.1 Å². The van der Waals surface area contributed by atoms with Gasteiger partial charge >= 0.3 is 0 Å². The lowest BCUT2D eigenvalue weighted by atomic mass is 10.0. The van der Waals surface area contributed by atoms with E-state index < -0.39 is 6.04 Å². The Morgan fingerprint density at radius 2 is 2.10 bits per heavy atom. The van der Waals surface area contributed by atoms with Crippen molar-refractivity contribution < 1.29 is 4.39 Å². The minimum atomic E-state index is -0.433. The Balaban J connectivity index is 1.70. The highest BCUT2D eigenvalue weighted by atomic mass is 32.2. The van der Waals surface area contributed by atoms with Gasteiger partial charge in [0, 0.05) is 35.6 Å². The lowest BCUT2D eigenvalue weighted by Crippen LogP contribution is -2.36. The number of anilines is 2. The van der Waals surface area contributed by atoms with Gasteiger partial charge in [-0.05, 0) is 51.2 Å². The quantitative estimate of drug-likeness (QED) is 0.596. The summed E-state index contributed by atoms with van der Waals surface area (Å²) in [5.41, 5.74) is 8.44. The average molecular weight is 436 g/mol. The molecule has 0 saturated heterocycles. The van der Waals surface area contributed by atoms with E-state index in [2.05, 4.69) is 26.3 Å². The molecule has 7 nitrogen and oxygen atoms in total. The van der Waals surface area contributed by atoms with Crippen LogP contribution in [-0.4, -0.2) is 38.4 Å². The number of nitrogens with zero attached hydrogens (tertiary/aromatic N) is 5. The van der Waals surface area contributed by atoms with E-state index in [4.69, 9.17) is 11.0 Å². The van der Waals surface area contributed by atoms with E-state index in [1.165, 1.54) is 12.3 Å². The molecule has 1 atom stereocenters. The van der Waals surface area contributed by atoms with Crippen LogP contribution in [0.1, 0.15) is 31.0 Å². The molecule has 3 aromatic rings. The van der Waals surface area contributed by atoms with Crippen LogP contribution in [0.4, 0.5) is 15.9 Å². The van der Waals surface area contributed by atoms with Gasteiger partial charge in [-0.15, -0.1) is 0 Å². The standard InChI is InChI=1S/C22H22FN7S/c1-22(2)21(25)29-18(12-30(3)31-22)16-9-15(4-5-17(16)23)28-20-19-14(6-7-26-20)8-13(10-24)11-27-19/h4-9,11,18H,12H2,1-3H3,(H2,25,29)(H,26,28). The van der Waals surface area contributed by atoms with Crippen molar-refractivity contribution in [3.05, 3.63) is 59.7 Å². The Morgan fingerprint density at radius 1 is 1.29 bits per heavy atom. The third-order valence-corrected chi connectivity index (χ3v) is 6.20. The molecule has 4 rings (SSSR count). The van der Waals surface area contributed by atoms with Gasteiger partial charge in [-0.1, -0.05) is 11.9 Å². The lowest BCUT2D eigenvalue weighted by Gasteiger charge is -2.25. The first-order valence-electron chi connectivity index (χ1n) is 9.72. The minimum Gasteiger partial charge on any atom is -0.386 e. The zero-order valence-corrected chi connectivity index (χ0v) is 18.2. The fourth-order valence-electron chi connectivity index (χ4n) is 3.48. The van der Waals surface area contributed by atoms with Crippen LogP contribution in [-0.2, 0) is 0 Å². The number of likely N-dealkylation sites (N-methyl/N-ethyl adjacent to an activating group) is 1. The number of amidine groups is 1. The number of aromatic nitrogens is 2. The summed E-state index contributed by atoms with van der Waals surface area (Å²) in [6.45, 7) is 4.53. The highest BCUT2D eigenvalue weighted by molar-refractivity contribution is 7.99. The van der Waals surface area contributed by atoms with E-state index in [9.17, 15) is 4.39 Å². The van der Waals surface area contributed by atoms with Gasteiger partial charge in [0.15, 0.2) is 5.82 Å². The highest BCUT2D eigenvalue weighted by Gasteiger charge is 2.32. The first-order valence-corrected chi connectivity index (χ1v) is 10.5. The van der Waals surface area contributed by atoms with Crippen molar-refractivity contribution in [2.24, 2.45) is 10.7 Å². The van der Waals surface area contributed by atoms with Crippen molar-refractivity contribution in [2.45, 2.75) is 24.6 Å². The largest absolute Gasteiger partial charge is 0.386 e. The molecule has 0 bridgehead atoms. The maximum absolute atomic E-state index is 14.8. The Kier molecular flexibility index (Phi) is 5.52. The molecule has 1 unspecified atom stereocenters. The number of nitriles is 1. The van der Waals surface area contributed by atoms with Crippen molar-refractivity contribution in [3.8, 4) is 6.07 Å². The fraction of sp³-hybridized carbons (Fsp3) is 0.273. The topological polar surface area (TPSA) is 103 Å². The molecular formula is C22H22FN7S. The molecule has 0 saturated carbocycles. The molecule has 31 heavy (non-hydrogen) atoms. The van der Waals surface area contributed by atoms with Crippen molar-refractivity contribution in [3.63, 3.8) is 0 Å². The molecule has 0 radical (unpaired) electrons. The summed E-state index contributed by atoms with van der Waals surface area (Å²) in [7, 11) is 1.95. The molecule has 0 aliphatic carbocycles. The first kappa shape index (κ1) is 21.0. The summed E-state index contributed by atoms with van der Waals surface area (Å²) in [4.78, 5) is 13.4. The van der Waals surface area contributed by atoms with Crippen LogP contribution >= 0.6 is 11.9 Å². The number of hydrogen-bond acceptors (Lipinski definition) is 8. The molecule has 2 aromatic heterocycles. The first-order chi connectivity index (χ1) is 14.8. The van der Waals surface area contributed by atoms with Crippen LogP contribution in [0.25, 0.3) is 10.9 Å². The molecule has 158 valence electrons. The summed E-state index contributed by atoms with van der Waals surface area (Å²) >= 11 is 1.59. The van der Waals surface area contributed by atoms with Crippen molar-refractivity contribution >= 4 is 40.2 Å². The summed E-state index contributed by atoms with van der Waals surface area (Å²) in [5, 5.41) is 13.1. The SMILES string of the molecule is CN1CC(c2cc(Nc3nccc4cc(C#N)cnc34)ccc2F)N=C(N)C(C)(C)S1. The monoisotopic (exact) mass is 435 g/mol. The second kappa shape index (κ2) is 8.13. The van der Waals surface area contributed by atoms with E-state index >= 15 is 0 Å². The molecule has 3 heterocycles. The number of nitrogens with one attached hydrogen (secondary N) is 1. The second-order valence-electron chi connectivity index (χ2n) is 7.87. The van der Waals surface area contributed by atoms with Crippen LogP contribution in [0.2, 0.25) is 0 Å². The van der Waals surface area contributed by atoms with Gasteiger partial charge in [0.25, 0.3) is 0 Å². The zero-order valence-electron chi connectivity index (χ0n) is 17.4. The maximum Gasteiger partial charge on any atom is 0.156 e. The summed E-state index contributed by atoms with van der Waals surface area (Å²) < 4.78 is 16.5. The van der Waals surface area contributed by atoms with Crippen LogP contribution < -0.4 is 11.1 Å². The molecule has 0 spiro atoms. The van der Waals surface area contributed by atoms with Crippen LogP contribution in [0.15, 0.2) is 47.7 Å². The van der Waals surface area contributed by atoms with Crippen molar-refractivity contribution in [1.29, 1.82) is 5.26 Å².